The van der Waals surface area contributed by atoms with Crippen molar-refractivity contribution >= 4 is 18.7 Å². The van der Waals surface area contributed by atoms with E-state index in [1.54, 1.807) is 0 Å². The molecule has 7 heteroatoms. The Balaban J connectivity index is 2.27. The van der Waals surface area contributed by atoms with Gasteiger partial charge in [-0.15, -0.1) is 0 Å². The Kier molecular flexibility index (Phi) is 3.36. The van der Waals surface area contributed by atoms with Gasteiger partial charge in [0, 0.05) is 6.20 Å². The molecular formula is C12H17BN2O4. The van der Waals surface area contributed by atoms with Gasteiger partial charge in [-0.05, 0) is 27.7 Å². The molecule has 0 unspecified atom stereocenters. The number of nitrogens with zero attached hydrogens (tertiary/aromatic N) is 2. The summed E-state index contributed by atoms with van der Waals surface area (Å²) in [6.45, 7) is 7.80. The second-order valence-electron chi connectivity index (χ2n) is 5.41. The van der Waals surface area contributed by atoms with Crippen LogP contribution in [0.1, 0.15) is 38.2 Å². The van der Waals surface area contributed by atoms with E-state index in [0.29, 0.717) is 5.59 Å². The van der Waals surface area contributed by atoms with Gasteiger partial charge < -0.3 is 14.0 Å². The molecule has 0 radical (unpaired) electrons. The number of rotatable bonds is 2. The van der Waals surface area contributed by atoms with Crippen molar-refractivity contribution in [1.29, 1.82) is 0 Å². The average molecular weight is 264 g/mol. The lowest BCUT2D eigenvalue weighted by Crippen LogP contribution is -2.41. The first-order chi connectivity index (χ1) is 8.77. The number of carbonyl (C=O) groups excluding carboxylic acids is 1. The fraction of sp³-hybridized carbons (Fsp3) is 0.583. The minimum atomic E-state index is -0.637. The van der Waals surface area contributed by atoms with Gasteiger partial charge in [0.15, 0.2) is 5.69 Å². The molecule has 1 saturated heterocycles. The van der Waals surface area contributed by atoms with Crippen LogP contribution in [0.4, 0.5) is 0 Å². The molecule has 0 bridgehead atoms. The van der Waals surface area contributed by atoms with Crippen LogP contribution in [-0.2, 0) is 14.0 Å². The molecule has 1 aliphatic rings. The third kappa shape index (κ3) is 2.48. The number of aromatic nitrogens is 2. The molecule has 19 heavy (non-hydrogen) atoms. The molecule has 0 aliphatic carbocycles. The maximum Gasteiger partial charge on any atom is 0.516 e. The predicted molar refractivity (Wildman–Crippen MR) is 69.1 cm³/mol. The van der Waals surface area contributed by atoms with Gasteiger partial charge in [0.05, 0.1) is 30.1 Å². The number of ether oxygens (including phenoxy) is 1. The Morgan fingerprint density at radius 2 is 1.79 bits per heavy atom. The highest BCUT2D eigenvalue weighted by molar-refractivity contribution is 6.61. The highest BCUT2D eigenvalue weighted by atomic mass is 16.7. The van der Waals surface area contributed by atoms with E-state index in [9.17, 15) is 4.79 Å². The molecule has 1 aliphatic heterocycles. The van der Waals surface area contributed by atoms with Crippen molar-refractivity contribution in [2.75, 3.05) is 7.11 Å². The predicted octanol–water partition coefficient (Wildman–Crippen LogP) is 0.562. The summed E-state index contributed by atoms with van der Waals surface area (Å²) in [7, 11) is 0.660. The first-order valence-electron chi connectivity index (χ1n) is 6.03. The van der Waals surface area contributed by atoms with Gasteiger partial charge in [-0.2, -0.15) is 0 Å². The van der Waals surface area contributed by atoms with Crippen LogP contribution in [0.25, 0.3) is 0 Å². The van der Waals surface area contributed by atoms with Gasteiger partial charge in [0.25, 0.3) is 0 Å². The smallest absolute Gasteiger partial charge is 0.464 e. The minimum Gasteiger partial charge on any atom is -0.464 e. The lowest BCUT2D eigenvalue weighted by Gasteiger charge is -2.32. The van der Waals surface area contributed by atoms with Gasteiger partial charge in [-0.1, -0.05) is 0 Å². The van der Waals surface area contributed by atoms with E-state index in [1.165, 1.54) is 19.5 Å². The van der Waals surface area contributed by atoms with Crippen molar-refractivity contribution in [1.82, 2.24) is 9.97 Å². The lowest BCUT2D eigenvalue weighted by molar-refractivity contribution is 0.00578. The summed E-state index contributed by atoms with van der Waals surface area (Å²) in [4.78, 5) is 19.6. The number of methoxy groups -OCH3 is 1. The van der Waals surface area contributed by atoms with Gasteiger partial charge in [0.2, 0.25) is 0 Å². The Morgan fingerprint density at radius 1 is 1.21 bits per heavy atom. The highest BCUT2D eigenvalue weighted by Crippen LogP contribution is 2.36. The summed E-state index contributed by atoms with van der Waals surface area (Å²) in [5.41, 5.74) is -0.322. The fourth-order valence-electron chi connectivity index (χ4n) is 1.66. The standard InChI is InChI=1S/C12H17BN2O4/c1-11(2)12(3,4)19-13(18-11)9-7-14-6-8(15-9)10(16)17-5/h6-7H,1-5H3. The zero-order valence-electron chi connectivity index (χ0n) is 11.8. The SMILES string of the molecule is COC(=O)c1cncc(B2OC(C)(C)C(C)(C)O2)n1. The molecule has 102 valence electrons. The van der Waals surface area contributed by atoms with Crippen LogP contribution in [-0.4, -0.2) is 41.4 Å². The maximum absolute atomic E-state index is 11.4. The summed E-state index contributed by atoms with van der Waals surface area (Å²) in [5, 5.41) is 0. The van der Waals surface area contributed by atoms with E-state index in [1.807, 2.05) is 27.7 Å². The van der Waals surface area contributed by atoms with Crippen molar-refractivity contribution in [3.8, 4) is 0 Å². The van der Waals surface area contributed by atoms with Crippen LogP contribution in [0.2, 0.25) is 0 Å². The molecule has 6 nitrogen and oxygen atoms in total. The summed E-state index contributed by atoms with van der Waals surface area (Å²) in [6.07, 6.45) is 2.87. The summed E-state index contributed by atoms with van der Waals surface area (Å²) in [5.74, 6) is -0.536. The largest absolute Gasteiger partial charge is 0.516 e. The molecule has 2 heterocycles. The van der Waals surface area contributed by atoms with E-state index in [0.717, 1.165) is 0 Å². The van der Waals surface area contributed by atoms with Crippen LogP contribution in [0.3, 0.4) is 0 Å². The highest BCUT2D eigenvalue weighted by Gasteiger charge is 2.52. The molecule has 0 amide bonds. The third-order valence-corrected chi connectivity index (χ3v) is 3.54. The second kappa shape index (κ2) is 4.57. The van der Waals surface area contributed by atoms with Crippen molar-refractivity contribution in [2.45, 2.75) is 38.9 Å². The van der Waals surface area contributed by atoms with E-state index in [4.69, 9.17) is 9.31 Å². The number of hydrogen-bond donors (Lipinski definition) is 0. The lowest BCUT2D eigenvalue weighted by atomic mass is 9.85. The Morgan fingerprint density at radius 3 is 2.32 bits per heavy atom. The second-order valence-corrected chi connectivity index (χ2v) is 5.41. The minimum absolute atomic E-state index is 0.134. The van der Waals surface area contributed by atoms with Crippen LogP contribution in [0.15, 0.2) is 12.4 Å². The molecule has 0 atom stereocenters. The summed E-state index contributed by atoms with van der Waals surface area (Å²) < 4.78 is 16.3. The molecule has 1 aromatic heterocycles. The Labute approximate surface area is 112 Å². The number of esters is 1. The van der Waals surface area contributed by atoms with Gasteiger partial charge >= 0.3 is 13.1 Å². The van der Waals surface area contributed by atoms with E-state index in [-0.39, 0.29) is 5.69 Å². The van der Waals surface area contributed by atoms with Crippen LogP contribution in [0, 0.1) is 0 Å². The fourth-order valence-corrected chi connectivity index (χ4v) is 1.66. The molecule has 0 N–H and O–H groups in total. The average Bonchev–Trinajstić information content (AvgIpc) is 2.58. The van der Waals surface area contributed by atoms with Crippen molar-refractivity contribution in [2.24, 2.45) is 0 Å². The first kappa shape index (κ1) is 14.0. The molecule has 1 aromatic rings. The normalized spacial score (nSPS) is 20.4. The van der Waals surface area contributed by atoms with Crippen LogP contribution >= 0.6 is 0 Å². The zero-order chi connectivity index (χ0) is 14.3. The van der Waals surface area contributed by atoms with Gasteiger partial charge in [0.1, 0.15) is 0 Å². The maximum atomic E-state index is 11.4. The topological polar surface area (TPSA) is 70.5 Å². The van der Waals surface area contributed by atoms with Crippen molar-refractivity contribution in [3.63, 3.8) is 0 Å². The molecular weight excluding hydrogens is 247 g/mol. The summed E-state index contributed by atoms with van der Waals surface area (Å²) >= 11 is 0. The Bertz CT molecular complexity index is 488. The molecule has 1 fully saturated rings. The van der Waals surface area contributed by atoms with Crippen molar-refractivity contribution < 1.29 is 18.8 Å². The third-order valence-electron chi connectivity index (χ3n) is 3.54. The van der Waals surface area contributed by atoms with Crippen LogP contribution < -0.4 is 5.59 Å². The van der Waals surface area contributed by atoms with Gasteiger partial charge in [-0.25, -0.2) is 9.78 Å². The van der Waals surface area contributed by atoms with E-state index >= 15 is 0 Å². The molecule has 0 spiro atoms. The monoisotopic (exact) mass is 264 g/mol. The van der Waals surface area contributed by atoms with E-state index in [2.05, 4.69) is 14.7 Å². The number of hydrogen-bond acceptors (Lipinski definition) is 6. The quantitative estimate of drug-likeness (QED) is 0.574. The van der Waals surface area contributed by atoms with Crippen LogP contribution in [0.5, 0.6) is 0 Å². The van der Waals surface area contributed by atoms with Gasteiger partial charge in [-0.3, -0.25) is 4.98 Å². The summed E-state index contributed by atoms with van der Waals surface area (Å²) in [6, 6.07) is 0. The molecule has 2 rings (SSSR count). The van der Waals surface area contributed by atoms with E-state index < -0.39 is 24.3 Å². The molecule has 0 aromatic carbocycles. The number of carbonyl (C=O) groups is 1. The first-order valence-corrected chi connectivity index (χ1v) is 6.03. The Hall–Kier alpha value is -1.47. The van der Waals surface area contributed by atoms with Crippen molar-refractivity contribution in [3.05, 3.63) is 18.1 Å². The zero-order valence-corrected chi connectivity index (χ0v) is 11.8. The molecule has 0 saturated carbocycles.